The Morgan fingerprint density at radius 3 is 2.92 bits per heavy atom. The molecule has 0 spiro atoms. The molecule has 0 saturated heterocycles. The lowest BCUT2D eigenvalue weighted by atomic mass is 10.0. The van der Waals surface area contributed by atoms with E-state index in [9.17, 15) is 0 Å². The van der Waals surface area contributed by atoms with Crippen LogP contribution in [0.15, 0.2) is 6.33 Å². The normalized spacial score (nSPS) is 13.2. The van der Waals surface area contributed by atoms with Crippen LogP contribution in [0.1, 0.15) is 33.1 Å². The standard InChI is InChI=1S/C8H16N4/c1-3-8(2)5-4-6-12-7-9-10-11-12/h7-8H,3-6H2,1-2H3. The van der Waals surface area contributed by atoms with Gasteiger partial charge in [0.05, 0.1) is 0 Å². The average molecular weight is 168 g/mol. The summed E-state index contributed by atoms with van der Waals surface area (Å²) < 4.78 is 1.78. The molecule has 0 radical (unpaired) electrons. The van der Waals surface area contributed by atoms with Crippen LogP contribution in [-0.4, -0.2) is 20.2 Å². The Morgan fingerprint density at radius 1 is 1.50 bits per heavy atom. The molecular weight excluding hydrogens is 152 g/mol. The molecular formula is C8H16N4. The Kier molecular flexibility index (Phi) is 3.70. The third-order valence-electron chi connectivity index (χ3n) is 2.17. The minimum Gasteiger partial charge on any atom is -0.233 e. The highest BCUT2D eigenvalue weighted by molar-refractivity contribution is 4.52. The zero-order valence-corrected chi connectivity index (χ0v) is 7.77. The van der Waals surface area contributed by atoms with E-state index in [0.717, 1.165) is 12.5 Å². The van der Waals surface area contributed by atoms with Crippen molar-refractivity contribution < 1.29 is 0 Å². The van der Waals surface area contributed by atoms with Gasteiger partial charge in [-0.25, -0.2) is 4.68 Å². The van der Waals surface area contributed by atoms with Crippen LogP contribution in [0.2, 0.25) is 0 Å². The van der Waals surface area contributed by atoms with Crippen LogP contribution < -0.4 is 0 Å². The van der Waals surface area contributed by atoms with Crippen LogP contribution >= 0.6 is 0 Å². The molecule has 1 atom stereocenters. The number of hydrogen-bond donors (Lipinski definition) is 0. The molecule has 0 aliphatic heterocycles. The molecule has 1 aromatic rings. The van der Waals surface area contributed by atoms with Gasteiger partial charge in [-0.3, -0.25) is 0 Å². The molecule has 1 rings (SSSR count). The summed E-state index contributed by atoms with van der Waals surface area (Å²) in [6.45, 7) is 5.44. The lowest BCUT2D eigenvalue weighted by Crippen LogP contribution is -2.01. The van der Waals surface area contributed by atoms with Gasteiger partial charge < -0.3 is 0 Å². The predicted molar refractivity (Wildman–Crippen MR) is 46.5 cm³/mol. The van der Waals surface area contributed by atoms with Crippen molar-refractivity contribution in [2.45, 2.75) is 39.7 Å². The molecule has 1 unspecified atom stereocenters. The number of aromatic nitrogens is 4. The largest absolute Gasteiger partial charge is 0.233 e. The van der Waals surface area contributed by atoms with E-state index >= 15 is 0 Å². The number of hydrogen-bond acceptors (Lipinski definition) is 3. The lowest BCUT2D eigenvalue weighted by Gasteiger charge is -2.06. The highest BCUT2D eigenvalue weighted by atomic mass is 15.5. The van der Waals surface area contributed by atoms with Gasteiger partial charge in [-0.15, -0.1) is 5.10 Å². The molecule has 4 heteroatoms. The molecule has 1 aromatic heterocycles. The quantitative estimate of drug-likeness (QED) is 0.669. The second kappa shape index (κ2) is 4.85. The summed E-state index contributed by atoms with van der Waals surface area (Å²) in [5.41, 5.74) is 0. The van der Waals surface area contributed by atoms with Gasteiger partial charge in [0, 0.05) is 6.54 Å². The highest BCUT2D eigenvalue weighted by Crippen LogP contribution is 2.09. The van der Waals surface area contributed by atoms with Gasteiger partial charge in [0.15, 0.2) is 0 Å². The topological polar surface area (TPSA) is 43.6 Å². The smallest absolute Gasteiger partial charge is 0.138 e. The molecule has 4 nitrogen and oxygen atoms in total. The summed E-state index contributed by atoms with van der Waals surface area (Å²) in [5.74, 6) is 0.821. The maximum Gasteiger partial charge on any atom is 0.138 e. The first-order valence-corrected chi connectivity index (χ1v) is 4.53. The zero-order chi connectivity index (χ0) is 8.81. The molecule has 0 aromatic carbocycles. The van der Waals surface area contributed by atoms with E-state index in [2.05, 4.69) is 29.4 Å². The van der Waals surface area contributed by atoms with Crippen molar-refractivity contribution in [2.24, 2.45) is 5.92 Å². The van der Waals surface area contributed by atoms with E-state index in [1.54, 1.807) is 11.0 Å². The van der Waals surface area contributed by atoms with E-state index in [-0.39, 0.29) is 0 Å². The van der Waals surface area contributed by atoms with E-state index in [4.69, 9.17) is 0 Å². The van der Waals surface area contributed by atoms with Gasteiger partial charge in [0.2, 0.25) is 0 Å². The van der Waals surface area contributed by atoms with Crippen molar-refractivity contribution in [3.8, 4) is 0 Å². The summed E-state index contributed by atoms with van der Waals surface area (Å²) in [4.78, 5) is 0. The number of rotatable bonds is 5. The number of aryl methyl sites for hydroxylation is 1. The van der Waals surface area contributed by atoms with E-state index < -0.39 is 0 Å². The first-order valence-electron chi connectivity index (χ1n) is 4.53. The predicted octanol–water partition coefficient (Wildman–Crippen LogP) is 1.50. The molecule has 0 N–H and O–H groups in total. The molecule has 0 fully saturated rings. The summed E-state index contributed by atoms with van der Waals surface area (Å²) >= 11 is 0. The fourth-order valence-electron chi connectivity index (χ4n) is 1.09. The van der Waals surface area contributed by atoms with E-state index in [0.29, 0.717) is 0 Å². The Balaban J connectivity index is 2.11. The monoisotopic (exact) mass is 168 g/mol. The Bertz CT molecular complexity index is 195. The molecule has 0 amide bonds. The second-order valence-electron chi connectivity index (χ2n) is 3.23. The van der Waals surface area contributed by atoms with Crippen LogP contribution in [0.4, 0.5) is 0 Å². The maximum atomic E-state index is 3.79. The Hall–Kier alpha value is -0.930. The minimum atomic E-state index is 0.821. The highest BCUT2D eigenvalue weighted by Gasteiger charge is 1.98. The summed E-state index contributed by atoms with van der Waals surface area (Å²) in [6.07, 6.45) is 5.35. The van der Waals surface area contributed by atoms with Crippen LogP contribution in [0.3, 0.4) is 0 Å². The number of nitrogens with zero attached hydrogens (tertiary/aromatic N) is 4. The number of tetrazole rings is 1. The lowest BCUT2D eigenvalue weighted by molar-refractivity contribution is 0.450. The molecule has 0 aliphatic rings. The van der Waals surface area contributed by atoms with E-state index in [1.807, 2.05) is 0 Å². The summed E-state index contributed by atoms with van der Waals surface area (Å²) in [7, 11) is 0. The first kappa shape index (κ1) is 9.16. The van der Waals surface area contributed by atoms with Gasteiger partial charge in [-0.2, -0.15) is 0 Å². The molecule has 0 saturated carbocycles. The third kappa shape index (κ3) is 2.98. The fraction of sp³-hybridized carbons (Fsp3) is 0.875. The zero-order valence-electron chi connectivity index (χ0n) is 7.77. The van der Waals surface area contributed by atoms with Crippen molar-refractivity contribution in [1.29, 1.82) is 0 Å². The maximum absolute atomic E-state index is 3.79. The average Bonchev–Trinajstić information content (AvgIpc) is 2.57. The van der Waals surface area contributed by atoms with Crippen LogP contribution in [0.5, 0.6) is 0 Å². The minimum absolute atomic E-state index is 0.821. The van der Waals surface area contributed by atoms with E-state index in [1.165, 1.54) is 19.3 Å². The Labute approximate surface area is 73.0 Å². The molecule has 1 heterocycles. The summed E-state index contributed by atoms with van der Waals surface area (Å²) in [6, 6.07) is 0. The van der Waals surface area contributed by atoms with Gasteiger partial charge in [-0.05, 0) is 29.2 Å². The molecule has 0 bridgehead atoms. The Morgan fingerprint density at radius 2 is 2.33 bits per heavy atom. The van der Waals surface area contributed by atoms with Crippen LogP contribution in [-0.2, 0) is 6.54 Å². The molecule has 12 heavy (non-hydrogen) atoms. The van der Waals surface area contributed by atoms with Crippen molar-refractivity contribution in [3.05, 3.63) is 6.33 Å². The van der Waals surface area contributed by atoms with Crippen molar-refractivity contribution >= 4 is 0 Å². The van der Waals surface area contributed by atoms with Crippen molar-refractivity contribution in [2.75, 3.05) is 0 Å². The van der Waals surface area contributed by atoms with Gasteiger partial charge in [0.1, 0.15) is 6.33 Å². The third-order valence-corrected chi connectivity index (χ3v) is 2.17. The summed E-state index contributed by atoms with van der Waals surface area (Å²) in [5, 5.41) is 10.9. The van der Waals surface area contributed by atoms with Crippen LogP contribution in [0.25, 0.3) is 0 Å². The second-order valence-corrected chi connectivity index (χ2v) is 3.23. The van der Waals surface area contributed by atoms with Gasteiger partial charge >= 0.3 is 0 Å². The SMILES string of the molecule is CCC(C)CCCn1cnnn1. The fourth-order valence-corrected chi connectivity index (χ4v) is 1.09. The van der Waals surface area contributed by atoms with Crippen LogP contribution in [0, 0.1) is 5.92 Å². The first-order chi connectivity index (χ1) is 5.83. The van der Waals surface area contributed by atoms with Gasteiger partial charge in [0.25, 0.3) is 0 Å². The van der Waals surface area contributed by atoms with Crippen molar-refractivity contribution in [1.82, 2.24) is 20.2 Å². The van der Waals surface area contributed by atoms with Gasteiger partial charge in [-0.1, -0.05) is 20.3 Å². The molecule has 68 valence electrons. The van der Waals surface area contributed by atoms with Crippen molar-refractivity contribution in [3.63, 3.8) is 0 Å². The molecule has 0 aliphatic carbocycles.